The van der Waals surface area contributed by atoms with Gasteiger partial charge in [0.15, 0.2) is 12.7 Å². The highest BCUT2D eigenvalue weighted by molar-refractivity contribution is 7.80. The molecule has 6 nitrogen and oxygen atoms in total. The van der Waals surface area contributed by atoms with E-state index in [9.17, 15) is 8.42 Å². The average molecular weight is 269 g/mol. The zero-order valence-corrected chi connectivity index (χ0v) is 10.4. The maximum atomic E-state index is 10.3. The van der Waals surface area contributed by atoms with E-state index < -0.39 is 10.4 Å². The van der Waals surface area contributed by atoms with Gasteiger partial charge >= 0.3 is 10.4 Å². The highest BCUT2D eigenvalue weighted by Crippen LogP contribution is 2.06. The summed E-state index contributed by atoms with van der Waals surface area (Å²) >= 11 is 0. The molecular weight excluding hydrogens is 256 g/mol. The largest absolute Gasteiger partial charge is 0.397 e. The van der Waals surface area contributed by atoms with Crippen molar-refractivity contribution < 1.29 is 21.8 Å². The summed E-state index contributed by atoms with van der Waals surface area (Å²) in [4.78, 5) is 0. The molecule has 0 saturated carbocycles. The quantitative estimate of drug-likeness (QED) is 0.492. The minimum absolute atomic E-state index is 0.0691. The van der Waals surface area contributed by atoms with Crippen molar-refractivity contribution in [3.05, 3.63) is 36.5 Å². The Morgan fingerprint density at radius 1 is 1.28 bits per heavy atom. The third-order valence-electron chi connectivity index (χ3n) is 2.36. The van der Waals surface area contributed by atoms with Gasteiger partial charge in [-0.15, -0.1) is 0 Å². The zero-order chi connectivity index (χ0) is 13.0. The van der Waals surface area contributed by atoms with Gasteiger partial charge in [0, 0.05) is 23.0 Å². The van der Waals surface area contributed by atoms with Crippen molar-refractivity contribution in [3.63, 3.8) is 0 Å². The van der Waals surface area contributed by atoms with Crippen LogP contribution in [0.5, 0.6) is 0 Å². The second kappa shape index (κ2) is 5.38. The van der Waals surface area contributed by atoms with E-state index in [0.29, 0.717) is 13.0 Å². The van der Waals surface area contributed by atoms with E-state index in [2.05, 4.69) is 9.28 Å². The molecule has 0 unspecified atom stereocenters. The van der Waals surface area contributed by atoms with Gasteiger partial charge in [0.25, 0.3) is 0 Å². The SMILES string of the molecule is O=S(=O)(O)OCCC[n+]1ccc2ccccc2n1. The molecular formula is C11H13N2O4S+. The van der Waals surface area contributed by atoms with Crippen LogP contribution >= 0.6 is 0 Å². The van der Waals surface area contributed by atoms with Gasteiger partial charge in [0.2, 0.25) is 0 Å². The summed E-state index contributed by atoms with van der Waals surface area (Å²) in [6.07, 6.45) is 2.26. The Balaban J connectivity index is 1.96. The first kappa shape index (κ1) is 12.9. The van der Waals surface area contributed by atoms with Gasteiger partial charge in [-0.25, -0.2) is 4.18 Å². The van der Waals surface area contributed by atoms with Gasteiger partial charge in [-0.05, 0) is 6.07 Å². The minimum atomic E-state index is -4.34. The van der Waals surface area contributed by atoms with Crippen LogP contribution in [0.2, 0.25) is 0 Å². The van der Waals surface area contributed by atoms with Crippen molar-refractivity contribution in [2.45, 2.75) is 13.0 Å². The van der Waals surface area contributed by atoms with Crippen LogP contribution < -0.4 is 4.68 Å². The Labute approximate surface area is 105 Å². The summed E-state index contributed by atoms with van der Waals surface area (Å²) in [5.41, 5.74) is 0.871. The fraction of sp³-hybridized carbons (Fsp3) is 0.273. The lowest BCUT2D eigenvalue weighted by atomic mass is 10.2. The molecule has 0 aliphatic rings. The van der Waals surface area contributed by atoms with E-state index in [1.54, 1.807) is 4.68 Å². The van der Waals surface area contributed by atoms with E-state index in [0.717, 1.165) is 10.9 Å². The maximum Gasteiger partial charge on any atom is 0.397 e. The van der Waals surface area contributed by atoms with Crippen molar-refractivity contribution in [1.29, 1.82) is 0 Å². The Bertz CT molecular complexity index is 642. The van der Waals surface area contributed by atoms with Crippen LogP contribution in [0, 0.1) is 0 Å². The van der Waals surface area contributed by atoms with Crippen molar-refractivity contribution in [2.24, 2.45) is 0 Å². The van der Waals surface area contributed by atoms with Crippen LogP contribution in [0.25, 0.3) is 10.9 Å². The van der Waals surface area contributed by atoms with E-state index >= 15 is 0 Å². The Morgan fingerprint density at radius 3 is 2.83 bits per heavy atom. The van der Waals surface area contributed by atoms with Gasteiger partial charge < -0.3 is 0 Å². The zero-order valence-electron chi connectivity index (χ0n) is 9.56. The molecule has 1 N–H and O–H groups in total. The van der Waals surface area contributed by atoms with Crippen LogP contribution in [-0.4, -0.2) is 24.7 Å². The van der Waals surface area contributed by atoms with Crippen molar-refractivity contribution in [3.8, 4) is 0 Å². The summed E-state index contributed by atoms with van der Waals surface area (Å²) in [5, 5.41) is 5.40. The van der Waals surface area contributed by atoms with E-state index in [4.69, 9.17) is 4.55 Å². The first-order valence-electron chi connectivity index (χ1n) is 5.42. The molecule has 0 bridgehead atoms. The van der Waals surface area contributed by atoms with Crippen molar-refractivity contribution in [1.82, 2.24) is 5.10 Å². The second-order valence-electron chi connectivity index (χ2n) is 3.74. The van der Waals surface area contributed by atoms with Gasteiger partial charge in [0.05, 0.1) is 6.61 Å². The number of aromatic nitrogens is 2. The molecule has 1 heterocycles. The van der Waals surface area contributed by atoms with Crippen LogP contribution in [0.15, 0.2) is 36.5 Å². The van der Waals surface area contributed by atoms with E-state index in [1.165, 1.54) is 0 Å². The van der Waals surface area contributed by atoms with Gasteiger partial charge in [-0.1, -0.05) is 22.9 Å². The van der Waals surface area contributed by atoms with Crippen LogP contribution in [0.4, 0.5) is 0 Å². The lowest BCUT2D eigenvalue weighted by molar-refractivity contribution is -0.752. The summed E-state index contributed by atoms with van der Waals surface area (Å²) in [6, 6.07) is 9.65. The third kappa shape index (κ3) is 3.73. The fourth-order valence-corrected chi connectivity index (χ4v) is 1.90. The van der Waals surface area contributed by atoms with Crippen molar-refractivity contribution in [2.75, 3.05) is 6.61 Å². The number of fused-ring (bicyclic) bond motifs is 1. The first-order valence-corrected chi connectivity index (χ1v) is 6.78. The number of hydrogen-bond donors (Lipinski definition) is 1. The highest BCUT2D eigenvalue weighted by Gasteiger charge is 2.07. The molecule has 2 aromatic rings. The Kier molecular flexibility index (Phi) is 3.85. The topological polar surface area (TPSA) is 80.4 Å². The monoisotopic (exact) mass is 269 g/mol. The molecule has 0 atom stereocenters. The molecule has 0 fully saturated rings. The van der Waals surface area contributed by atoms with Crippen molar-refractivity contribution >= 4 is 21.3 Å². The van der Waals surface area contributed by atoms with E-state index in [1.807, 2.05) is 36.5 Å². The third-order valence-corrected chi connectivity index (χ3v) is 2.83. The van der Waals surface area contributed by atoms with Gasteiger partial charge in [-0.2, -0.15) is 8.42 Å². The summed E-state index contributed by atoms with van der Waals surface area (Å²) in [7, 11) is -4.34. The number of benzene rings is 1. The molecule has 0 saturated heterocycles. The van der Waals surface area contributed by atoms with Gasteiger partial charge in [0.1, 0.15) is 5.52 Å². The maximum absolute atomic E-state index is 10.3. The molecule has 0 aliphatic heterocycles. The Morgan fingerprint density at radius 2 is 2.06 bits per heavy atom. The first-order chi connectivity index (χ1) is 8.54. The summed E-state index contributed by atoms with van der Waals surface area (Å²) in [6.45, 7) is 0.445. The number of hydrogen-bond acceptors (Lipinski definition) is 4. The summed E-state index contributed by atoms with van der Waals surface area (Å²) < 4.78 is 35.0. The number of aryl methyl sites for hydroxylation is 1. The number of rotatable bonds is 5. The normalized spacial score (nSPS) is 11.8. The second-order valence-corrected chi connectivity index (χ2v) is 4.83. The molecule has 0 aliphatic carbocycles. The molecule has 7 heteroatoms. The predicted molar refractivity (Wildman–Crippen MR) is 64.1 cm³/mol. The molecule has 96 valence electrons. The molecule has 2 rings (SSSR count). The summed E-state index contributed by atoms with van der Waals surface area (Å²) in [5.74, 6) is 0. The fourth-order valence-electron chi connectivity index (χ4n) is 1.57. The van der Waals surface area contributed by atoms with Gasteiger partial charge in [-0.3, -0.25) is 4.55 Å². The molecule has 18 heavy (non-hydrogen) atoms. The smallest absolute Gasteiger partial charge is 0.264 e. The molecule has 0 amide bonds. The molecule has 0 spiro atoms. The Hall–Kier alpha value is -1.57. The lowest BCUT2D eigenvalue weighted by Crippen LogP contribution is -2.38. The lowest BCUT2D eigenvalue weighted by Gasteiger charge is -1.98. The number of nitrogens with zero attached hydrogens (tertiary/aromatic N) is 2. The minimum Gasteiger partial charge on any atom is -0.264 e. The standard InChI is InChI=1S/C11H12N2O4S/c14-18(15,16)17-9-3-7-13-8-6-10-4-1-2-5-11(10)12-13/h1-2,4-6,8H,3,7,9H2/p+1. The molecule has 1 aromatic carbocycles. The van der Waals surface area contributed by atoms with Crippen LogP contribution in [0.3, 0.4) is 0 Å². The highest BCUT2D eigenvalue weighted by atomic mass is 32.3. The van der Waals surface area contributed by atoms with Crippen LogP contribution in [0.1, 0.15) is 6.42 Å². The average Bonchev–Trinajstić information content (AvgIpc) is 2.33. The predicted octanol–water partition coefficient (Wildman–Crippen LogP) is 0.732. The van der Waals surface area contributed by atoms with E-state index in [-0.39, 0.29) is 6.61 Å². The van der Waals surface area contributed by atoms with Crippen LogP contribution in [-0.2, 0) is 21.1 Å². The molecule has 0 radical (unpaired) electrons. The molecule has 1 aromatic heterocycles.